The van der Waals surface area contributed by atoms with Crippen molar-refractivity contribution >= 4 is 17.6 Å². The zero-order valence-corrected chi connectivity index (χ0v) is 14.7. The monoisotopic (exact) mass is 354 g/mol. The lowest BCUT2D eigenvalue weighted by atomic mass is 10.0. The summed E-state index contributed by atoms with van der Waals surface area (Å²) in [6.45, 7) is 2.75. The topological polar surface area (TPSA) is 70.1 Å². The molecule has 0 bridgehead atoms. The van der Waals surface area contributed by atoms with E-state index in [1.807, 2.05) is 24.3 Å². The van der Waals surface area contributed by atoms with Crippen molar-refractivity contribution in [1.82, 2.24) is 4.90 Å². The summed E-state index contributed by atoms with van der Waals surface area (Å²) < 4.78 is 5.17. The minimum absolute atomic E-state index is 0.0342. The first-order valence-corrected chi connectivity index (χ1v) is 8.56. The Morgan fingerprint density at radius 2 is 1.65 bits per heavy atom. The second-order valence-electron chi connectivity index (χ2n) is 6.20. The maximum absolute atomic E-state index is 12.6. The Labute approximate surface area is 152 Å². The summed E-state index contributed by atoms with van der Waals surface area (Å²) in [7, 11) is 1.64. The number of carboxylic acids is 1. The van der Waals surface area contributed by atoms with E-state index in [-0.39, 0.29) is 17.9 Å². The molecule has 0 aromatic heterocycles. The number of ether oxygens (including phenoxy) is 1. The summed E-state index contributed by atoms with van der Waals surface area (Å²) in [6.07, 6.45) is 0.116. The molecular weight excluding hydrogens is 332 g/mol. The van der Waals surface area contributed by atoms with E-state index in [2.05, 4.69) is 4.90 Å². The summed E-state index contributed by atoms with van der Waals surface area (Å²) in [6, 6.07) is 14.5. The van der Waals surface area contributed by atoms with Crippen LogP contribution in [-0.4, -0.2) is 55.2 Å². The number of hydrogen-bond donors (Lipinski definition) is 1. The van der Waals surface area contributed by atoms with Crippen molar-refractivity contribution < 1.29 is 19.4 Å². The fourth-order valence-electron chi connectivity index (χ4n) is 3.16. The number of hydrogen-bond acceptors (Lipinski definition) is 4. The van der Waals surface area contributed by atoms with Crippen LogP contribution in [0.2, 0.25) is 0 Å². The van der Waals surface area contributed by atoms with Crippen LogP contribution < -0.4 is 9.64 Å². The molecule has 2 aromatic carbocycles. The molecule has 1 aliphatic rings. The molecule has 1 heterocycles. The van der Waals surface area contributed by atoms with Gasteiger partial charge in [-0.05, 0) is 35.9 Å². The first kappa shape index (κ1) is 17.8. The first-order chi connectivity index (χ1) is 12.6. The molecule has 0 radical (unpaired) electrons. The molecular formula is C20H22N2O4. The van der Waals surface area contributed by atoms with Crippen LogP contribution in [0.3, 0.4) is 0 Å². The largest absolute Gasteiger partial charge is 0.497 e. The summed E-state index contributed by atoms with van der Waals surface area (Å²) in [5.74, 6) is -0.217. The third-order valence-corrected chi connectivity index (χ3v) is 4.66. The van der Waals surface area contributed by atoms with Gasteiger partial charge in [0.1, 0.15) is 5.75 Å². The highest BCUT2D eigenvalue weighted by Gasteiger charge is 2.22. The Bertz CT molecular complexity index is 781. The number of carboxylic acid groups (broad SMARTS) is 1. The molecule has 1 amide bonds. The summed E-state index contributed by atoms with van der Waals surface area (Å²) in [5, 5.41) is 9.25. The molecule has 26 heavy (non-hydrogen) atoms. The van der Waals surface area contributed by atoms with Gasteiger partial charge in [0.2, 0.25) is 5.91 Å². The van der Waals surface area contributed by atoms with Crippen LogP contribution in [0.5, 0.6) is 5.75 Å². The van der Waals surface area contributed by atoms with Gasteiger partial charge in [0.25, 0.3) is 0 Å². The molecule has 6 nitrogen and oxygen atoms in total. The summed E-state index contributed by atoms with van der Waals surface area (Å²) in [4.78, 5) is 27.9. The predicted molar refractivity (Wildman–Crippen MR) is 98.9 cm³/mol. The number of amides is 1. The lowest BCUT2D eigenvalue weighted by Gasteiger charge is -2.36. The van der Waals surface area contributed by atoms with E-state index in [4.69, 9.17) is 4.74 Å². The maximum Gasteiger partial charge on any atom is 0.335 e. The highest BCUT2D eigenvalue weighted by atomic mass is 16.5. The second-order valence-corrected chi connectivity index (χ2v) is 6.20. The highest BCUT2D eigenvalue weighted by molar-refractivity contribution is 5.91. The van der Waals surface area contributed by atoms with Crippen LogP contribution in [-0.2, 0) is 11.2 Å². The number of carbonyl (C=O) groups is 2. The molecule has 136 valence electrons. The van der Waals surface area contributed by atoms with E-state index in [9.17, 15) is 14.7 Å². The third kappa shape index (κ3) is 3.96. The normalized spacial score (nSPS) is 14.2. The zero-order chi connectivity index (χ0) is 18.5. The quantitative estimate of drug-likeness (QED) is 0.892. The van der Waals surface area contributed by atoms with Crippen molar-refractivity contribution in [2.24, 2.45) is 0 Å². The van der Waals surface area contributed by atoms with Crippen molar-refractivity contribution in [1.29, 1.82) is 0 Å². The Kier molecular flexibility index (Phi) is 5.41. The van der Waals surface area contributed by atoms with Crippen molar-refractivity contribution in [3.63, 3.8) is 0 Å². The number of anilines is 1. The van der Waals surface area contributed by atoms with Gasteiger partial charge in [0.15, 0.2) is 0 Å². The Hall–Kier alpha value is -3.02. The van der Waals surface area contributed by atoms with E-state index < -0.39 is 5.97 Å². The van der Waals surface area contributed by atoms with Crippen LogP contribution in [0.15, 0.2) is 48.5 Å². The first-order valence-electron chi connectivity index (χ1n) is 8.56. The number of aromatic carboxylic acids is 1. The molecule has 0 spiro atoms. The standard InChI is InChI=1S/C20H22N2O4/c1-26-17-8-6-16(7-9-17)21-10-12-22(13-11-21)19(23)14-15-4-2-3-5-18(15)20(24)25/h2-9H,10-14H2,1H3,(H,24,25). The second kappa shape index (κ2) is 7.91. The molecule has 0 unspecified atom stereocenters. The highest BCUT2D eigenvalue weighted by Crippen LogP contribution is 2.21. The van der Waals surface area contributed by atoms with Crippen LogP contribution in [0.25, 0.3) is 0 Å². The predicted octanol–water partition coefficient (Wildman–Crippen LogP) is 2.28. The number of carbonyl (C=O) groups excluding carboxylic acids is 1. The molecule has 6 heteroatoms. The van der Waals surface area contributed by atoms with Gasteiger partial charge in [-0.1, -0.05) is 18.2 Å². The van der Waals surface area contributed by atoms with Crippen molar-refractivity contribution in [2.45, 2.75) is 6.42 Å². The molecule has 0 atom stereocenters. The van der Waals surface area contributed by atoms with Gasteiger partial charge >= 0.3 is 5.97 Å². The molecule has 1 aliphatic heterocycles. The zero-order valence-electron chi connectivity index (χ0n) is 14.7. The van der Waals surface area contributed by atoms with Gasteiger partial charge in [-0.3, -0.25) is 4.79 Å². The molecule has 1 N–H and O–H groups in total. The summed E-state index contributed by atoms with van der Waals surface area (Å²) >= 11 is 0. The van der Waals surface area contributed by atoms with Crippen molar-refractivity contribution in [3.05, 3.63) is 59.7 Å². The molecule has 1 fully saturated rings. The number of piperazine rings is 1. The Morgan fingerprint density at radius 3 is 2.27 bits per heavy atom. The molecule has 2 aromatic rings. The van der Waals surface area contributed by atoms with Gasteiger partial charge in [-0.15, -0.1) is 0 Å². The van der Waals surface area contributed by atoms with Gasteiger partial charge in [-0.2, -0.15) is 0 Å². The number of methoxy groups -OCH3 is 1. The van der Waals surface area contributed by atoms with Crippen molar-refractivity contribution in [3.8, 4) is 5.75 Å². The van der Waals surface area contributed by atoms with E-state index in [1.54, 1.807) is 30.2 Å². The van der Waals surface area contributed by atoms with E-state index in [1.165, 1.54) is 6.07 Å². The number of benzene rings is 2. The number of nitrogens with zero attached hydrogens (tertiary/aromatic N) is 2. The van der Waals surface area contributed by atoms with E-state index in [0.29, 0.717) is 18.7 Å². The van der Waals surface area contributed by atoms with Crippen LogP contribution in [0.1, 0.15) is 15.9 Å². The average Bonchev–Trinajstić information content (AvgIpc) is 2.68. The molecule has 3 rings (SSSR count). The fourth-order valence-corrected chi connectivity index (χ4v) is 3.16. The number of rotatable bonds is 5. The SMILES string of the molecule is COc1ccc(N2CCN(C(=O)Cc3ccccc3C(=O)O)CC2)cc1. The fraction of sp³-hybridized carbons (Fsp3) is 0.300. The van der Waals surface area contributed by atoms with Crippen LogP contribution in [0.4, 0.5) is 5.69 Å². The minimum atomic E-state index is -1.00. The smallest absolute Gasteiger partial charge is 0.335 e. The molecule has 0 saturated carbocycles. The molecule has 0 aliphatic carbocycles. The Balaban J connectivity index is 1.59. The van der Waals surface area contributed by atoms with Gasteiger partial charge in [-0.25, -0.2) is 4.79 Å². The van der Waals surface area contributed by atoms with Gasteiger partial charge < -0.3 is 19.6 Å². The minimum Gasteiger partial charge on any atom is -0.497 e. The lowest BCUT2D eigenvalue weighted by molar-refractivity contribution is -0.130. The van der Waals surface area contributed by atoms with E-state index >= 15 is 0 Å². The molecule has 1 saturated heterocycles. The van der Waals surface area contributed by atoms with Crippen molar-refractivity contribution in [2.75, 3.05) is 38.2 Å². The van der Waals surface area contributed by atoms with Crippen LogP contribution in [0, 0.1) is 0 Å². The van der Waals surface area contributed by atoms with Gasteiger partial charge in [0.05, 0.1) is 19.1 Å². The van der Waals surface area contributed by atoms with E-state index in [0.717, 1.165) is 24.5 Å². The Morgan fingerprint density at radius 1 is 1.00 bits per heavy atom. The maximum atomic E-state index is 12.6. The van der Waals surface area contributed by atoms with Crippen LogP contribution >= 0.6 is 0 Å². The average molecular weight is 354 g/mol. The lowest BCUT2D eigenvalue weighted by Crippen LogP contribution is -2.49. The summed E-state index contributed by atoms with van der Waals surface area (Å²) in [5.41, 5.74) is 1.86. The third-order valence-electron chi connectivity index (χ3n) is 4.66. The van der Waals surface area contributed by atoms with Gasteiger partial charge in [0, 0.05) is 31.9 Å².